The molecule has 0 aliphatic carbocycles. The molecule has 0 aliphatic heterocycles. The highest BCUT2D eigenvalue weighted by Gasteiger charge is 2.12. The van der Waals surface area contributed by atoms with Crippen molar-refractivity contribution in [1.82, 2.24) is 15.5 Å². The molecule has 0 saturated heterocycles. The molecule has 0 aromatic rings. The Morgan fingerprint density at radius 2 is 1.52 bits per heavy atom. The Kier molecular flexibility index (Phi) is 19.9. The van der Waals surface area contributed by atoms with E-state index in [1.807, 2.05) is 14.0 Å². The quantitative estimate of drug-likeness (QED) is 0.125. The summed E-state index contributed by atoms with van der Waals surface area (Å²) in [5, 5.41) is 6.74. The molecule has 0 rings (SSSR count). The number of aliphatic imine (C=N–C) groups is 1. The number of nitrogens with zero attached hydrogens (tertiary/aromatic N) is 2. The van der Waals surface area contributed by atoms with Crippen LogP contribution in [0.15, 0.2) is 4.99 Å². The van der Waals surface area contributed by atoms with Gasteiger partial charge in [-0.2, -0.15) is 0 Å². The van der Waals surface area contributed by atoms with E-state index in [1.165, 1.54) is 0 Å². The van der Waals surface area contributed by atoms with Gasteiger partial charge in [0.05, 0.1) is 6.61 Å². The smallest absolute Gasteiger partial charge is 0.305 e. The summed E-state index contributed by atoms with van der Waals surface area (Å²) in [6.07, 6.45) is 5.80. The largest absolute Gasteiger partial charge is 0.466 e. The van der Waals surface area contributed by atoms with Gasteiger partial charge in [-0.25, -0.2) is 0 Å². The lowest BCUT2D eigenvalue weighted by molar-refractivity contribution is -0.143. The summed E-state index contributed by atoms with van der Waals surface area (Å²) < 4.78 is 4.92. The SMILES string of the molecule is CCOC(=O)CCCCCCNC(=NC)NCCCN(C(C)C)C(C)C.I. The molecule has 0 atom stereocenters. The van der Waals surface area contributed by atoms with Crippen LogP contribution in [0.2, 0.25) is 0 Å². The van der Waals surface area contributed by atoms with E-state index in [1.54, 1.807) is 0 Å². The lowest BCUT2D eigenvalue weighted by Gasteiger charge is -2.30. The van der Waals surface area contributed by atoms with Crippen LogP contribution in [0.25, 0.3) is 0 Å². The fraction of sp³-hybridized carbons (Fsp3) is 0.900. The topological polar surface area (TPSA) is 66.0 Å². The molecule has 0 aromatic carbocycles. The second kappa shape index (κ2) is 18.8. The number of guanidine groups is 1. The molecule has 0 aliphatic rings. The summed E-state index contributed by atoms with van der Waals surface area (Å²) in [6.45, 7) is 14.2. The predicted octanol–water partition coefficient (Wildman–Crippen LogP) is 3.79. The zero-order valence-electron chi connectivity index (χ0n) is 18.3. The van der Waals surface area contributed by atoms with Gasteiger partial charge in [0.15, 0.2) is 5.96 Å². The summed E-state index contributed by atoms with van der Waals surface area (Å²) in [7, 11) is 1.81. The summed E-state index contributed by atoms with van der Waals surface area (Å²) in [4.78, 5) is 18.0. The molecule has 2 N–H and O–H groups in total. The van der Waals surface area contributed by atoms with Crippen LogP contribution in [0.4, 0.5) is 0 Å². The maximum atomic E-state index is 11.2. The summed E-state index contributed by atoms with van der Waals surface area (Å²) in [5.74, 6) is 0.792. The minimum Gasteiger partial charge on any atom is -0.466 e. The normalized spacial score (nSPS) is 11.7. The number of rotatable bonds is 14. The Morgan fingerprint density at radius 1 is 0.963 bits per heavy atom. The van der Waals surface area contributed by atoms with Crippen molar-refractivity contribution in [1.29, 1.82) is 0 Å². The van der Waals surface area contributed by atoms with Gasteiger partial charge in [0.2, 0.25) is 0 Å². The second-order valence-electron chi connectivity index (χ2n) is 7.17. The van der Waals surface area contributed by atoms with Gasteiger partial charge < -0.3 is 15.4 Å². The van der Waals surface area contributed by atoms with Crippen LogP contribution >= 0.6 is 24.0 Å². The zero-order valence-corrected chi connectivity index (χ0v) is 20.7. The van der Waals surface area contributed by atoms with Crippen molar-refractivity contribution >= 4 is 35.9 Å². The number of halogens is 1. The van der Waals surface area contributed by atoms with Gasteiger partial charge >= 0.3 is 5.97 Å². The summed E-state index contributed by atoms with van der Waals surface area (Å²) in [6, 6.07) is 1.16. The molecule has 0 spiro atoms. The third kappa shape index (κ3) is 16.1. The first-order chi connectivity index (χ1) is 12.4. The molecule has 0 unspecified atom stereocenters. The zero-order chi connectivity index (χ0) is 19.8. The maximum Gasteiger partial charge on any atom is 0.305 e. The van der Waals surface area contributed by atoms with E-state index < -0.39 is 0 Å². The van der Waals surface area contributed by atoms with Crippen LogP contribution in [0.3, 0.4) is 0 Å². The highest BCUT2D eigenvalue weighted by molar-refractivity contribution is 14.0. The lowest BCUT2D eigenvalue weighted by Crippen LogP contribution is -2.41. The average Bonchev–Trinajstić information content (AvgIpc) is 2.58. The average molecular weight is 498 g/mol. The molecule has 0 amide bonds. The molecule has 0 heterocycles. The van der Waals surface area contributed by atoms with E-state index in [0.29, 0.717) is 25.1 Å². The Bertz CT molecular complexity index is 382. The Morgan fingerprint density at radius 3 is 2.04 bits per heavy atom. The summed E-state index contributed by atoms with van der Waals surface area (Å²) in [5.41, 5.74) is 0. The van der Waals surface area contributed by atoms with Gasteiger partial charge in [-0.3, -0.25) is 14.7 Å². The minimum atomic E-state index is -0.0799. The molecule has 6 nitrogen and oxygen atoms in total. The maximum absolute atomic E-state index is 11.2. The molecule has 7 heteroatoms. The van der Waals surface area contributed by atoms with Crippen LogP contribution in [0.5, 0.6) is 0 Å². The highest BCUT2D eigenvalue weighted by Crippen LogP contribution is 2.05. The number of carbonyl (C=O) groups excluding carboxylic acids is 1. The van der Waals surface area contributed by atoms with Crippen molar-refractivity contribution < 1.29 is 9.53 Å². The first-order valence-corrected chi connectivity index (χ1v) is 10.3. The highest BCUT2D eigenvalue weighted by atomic mass is 127. The number of nitrogens with one attached hydrogen (secondary N) is 2. The van der Waals surface area contributed by atoms with Crippen LogP contribution < -0.4 is 10.6 Å². The molecule has 27 heavy (non-hydrogen) atoms. The van der Waals surface area contributed by atoms with Gasteiger partial charge in [-0.15, -0.1) is 24.0 Å². The number of hydrogen-bond acceptors (Lipinski definition) is 4. The van der Waals surface area contributed by atoms with Crippen molar-refractivity contribution in [3.05, 3.63) is 0 Å². The van der Waals surface area contributed by atoms with Gasteiger partial charge in [0.1, 0.15) is 0 Å². The van der Waals surface area contributed by atoms with Crippen molar-refractivity contribution in [2.45, 2.75) is 85.2 Å². The number of hydrogen-bond donors (Lipinski definition) is 2. The van der Waals surface area contributed by atoms with Crippen LogP contribution in [-0.2, 0) is 9.53 Å². The molecular formula is C20H43IN4O2. The van der Waals surface area contributed by atoms with Crippen molar-refractivity contribution in [3.8, 4) is 0 Å². The number of unbranched alkanes of at least 4 members (excludes halogenated alkanes) is 3. The van der Waals surface area contributed by atoms with Crippen LogP contribution in [-0.4, -0.2) is 62.2 Å². The number of esters is 1. The van der Waals surface area contributed by atoms with Gasteiger partial charge in [0.25, 0.3) is 0 Å². The van der Waals surface area contributed by atoms with Crippen LogP contribution in [0.1, 0.15) is 73.1 Å². The van der Waals surface area contributed by atoms with E-state index >= 15 is 0 Å². The van der Waals surface area contributed by atoms with Gasteiger partial charge in [0, 0.05) is 45.2 Å². The Balaban J connectivity index is 0. The predicted molar refractivity (Wildman–Crippen MR) is 126 cm³/mol. The third-order valence-corrected chi connectivity index (χ3v) is 4.34. The standard InChI is InChI=1S/C20H42N4O2.HI/c1-7-26-19(25)13-10-8-9-11-14-22-20(21-6)23-15-12-16-24(17(2)3)18(4)5;/h17-18H,7-16H2,1-6H3,(H2,21,22,23);1H. The lowest BCUT2D eigenvalue weighted by atomic mass is 10.1. The molecule has 162 valence electrons. The van der Waals surface area contributed by atoms with Gasteiger partial charge in [-0.05, 0) is 53.9 Å². The first kappa shape index (κ1) is 28.6. The van der Waals surface area contributed by atoms with E-state index in [0.717, 1.165) is 57.7 Å². The number of ether oxygens (including phenoxy) is 1. The monoisotopic (exact) mass is 498 g/mol. The fourth-order valence-electron chi connectivity index (χ4n) is 2.99. The van der Waals surface area contributed by atoms with Crippen molar-refractivity contribution in [2.75, 3.05) is 33.3 Å². The molecule has 0 aromatic heterocycles. The molecule has 0 radical (unpaired) electrons. The Hall–Kier alpha value is -0.570. The van der Waals surface area contributed by atoms with E-state index in [4.69, 9.17) is 4.74 Å². The minimum absolute atomic E-state index is 0. The molecule has 0 bridgehead atoms. The van der Waals surface area contributed by atoms with E-state index in [9.17, 15) is 4.79 Å². The van der Waals surface area contributed by atoms with Crippen molar-refractivity contribution in [3.63, 3.8) is 0 Å². The Labute approximate surface area is 184 Å². The van der Waals surface area contributed by atoms with Gasteiger partial charge in [-0.1, -0.05) is 12.8 Å². The molecule has 0 saturated carbocycles. The fourth-order valence-corrected chi connectivity index (χ4v) is 2.99. The second-order valence-corrected chi connectivity index (χ2v) is 7.17. The van der Waals surface area contributed by atoms with Crippen LogP contribution in [0, 0.1) is 0 Å². The number of carbonyl (C=O) groups is 1. The van der Waals surface area contributed by atoms with E-state index in [2.05, 4.69) is 48.2 Å². The molecular weight excluding hydrogens is 455 g/mol. The van der Waals surface area contributed by atoms with Crippen molar-refractivity contribution in [2.24, 2.45) is 4.99 Å². The first-order valence-electron chi connectivity index (χ1n) is 10.3. The van der Waals surface area contributed by atoms with E-state index in [-0.39, 0.29) is 29.9 Å². The molecule has 0 fully saturated rings. The summed E-state index contributed by atoms with van der Waals surface area (Å²) >= 11 is 0. The third-order valence-electron chi connectivity index (χ3n) is 4.34.